The second-order valence-electron chi connectivity index (χ2n) is 4.66. The van der Waals surface area contributed by atoms with Crippen molar-refractivity contribution in [2.24, 2.45) is 14.1 Å². The minimum absolute atomic E-state index is 0.0705. The van der Waals surface area contributed by atoms with E-state index in [1.807, 2.05) is 6.92 Å². The molecule has 21 heavy (non-hydrogen) atoms. The van der Waals surface area contributed by atoms with Crippen molar-refractivity contribution >= 4 is 28.9 Å². The topological polar surface area (TPSA) is 99.0 Å². The first kappa shape index (κ1) is 15.4. The predicted molar refractivity (Wildman–Crippen MR) is 78.5 cm³/mol. The monoisotopic (exact) mass is 312 g/mol. The zero-order valence-electron chi connectivity index (χ0n) is 12.2. The maximum atomic E-state index is 12.0. The predicted octanol–water partition coefficient (Wildman–Crippen LogP) is 0.00400. The number of aromatic nitrogens is 4. The van der Waals surface area contributed by atoms with E-state index >= 15 is 0 Å². The van der Waals surface area contributed by atoms with Crippen molar-refractivity contribution in [1.82, 2.24) is 19.1 Å². The molecule has 0 bridgehead atoms. The first-order valence-corrected chi connectivity index (χ1v) is 7.12. The fourth-order valence-corrected chi connectivity index (χ4v) is 2.81. The summed E-state index contributed by atoms with van der Waals surface area (Å²) in [6.07, 6.45) is 0.231. The normalized spacial score (nSPS) is 12.6. The number of esters is 1. The number of carbonyl (C=O) groups excluding carboxylic acids is 1. The standard InChI is InChI=1S/C12H16N4O4S/c1-6(5-7(17)20-4)21-11-13-8-9(14-11)15(2)12(19)16(3)10(8)18/h6H,5H2,1-4H3,(H,13,14). The summed E-state index contributed by atoms with van der Waals surface area (Å²) in [7, 11) is 4.30. The molecule has 0 spiro atoms. The lowest BCUT2D eigenvalue weighted by Gasteiger charge is -2.06. The Hall–Kier alpha value is -2.03. The summed E-state index contributed by atoms with van der Waals surface area (Å²) >= 11 is 1.31. The van der Waals surface area contributed by atoms with E-state index in [1.54, 1.807) is 7.05 Å². The van der Waals surface area contributed by atoms with E-state index in [0.717, 1.165) is 4.57 Å². The van der Waals surface area contributed by atoms with Crippen molar-refractivity contribution in [2.45, 2.75) is 23.8 Å². The molecule has 2 aromatic heterocycles. The fourth-order valence-electron chi connectivity index (χ4n) is 1.91. The van der Waals surface area contributed by atoms with E-state index in [-0.39, 0.29) is 23.2 Å². The van der Waals surface area contributed by atoms with Crippen LogP contribution in [0.3, 0.4) is 0 Å². The fraction of sp³-hybridized carbons (Fsp3) is 0.500. The molecule has 8 nitrogen and oxygen atoms in total. The molecule has 114 valence electrons. The highest BCUT2D eigenvalue weighted by molar-refractivity contribution is 7.99. The Labute approximate surface area is 124 Å². The van der Waals surface area contributed by atoms with Crippen molar-refractivity contribution in [3.63, 3.8) is 0 Å². The Morgan fingerprint density at radius 3 is 2.67 bits per heavy atom. The van der Waals surface area contributed by atoms with Crippen LogP contribution >= 0.6 is 11.8 Å². The second kappa shape index (κ2) is 5.76. The van der Waals surface area contributed by atoms with Gasteiger partial charge in [-0.25, -0.2) is 9.78 Å². The summed E-state index contributed by atoms with van der Waals surface area (Å²) in [6.45, 7) is 1.85. The number of ether oxygens (including phenoxy) is 1. The van der Waals surface area contributed by atoms with Crippen molar-refractivity contribution < 1.29 is 9.53 Å². The average molecular weight is 312 g/mol. The molecule has 0 fully saturated rings. The van der Waals surface area contributed by atoms with Gasteiger partial charge >= 0.3 is 11.7 Å². The van der Waals surface area contributed by atoms with Crippen LogP contribution in [0.1, 0.15) is 13.3 Å². The summed E-state index contributed by atoms with van der Waals surface area (Å²) in [6, 6.07) is 0. The Morgan fingerprint density at radius 1 is 1.38 bits per heavy atom. The van der Waals surface area contributed by atoms with Crippen LogP contribution < -0.4 is 11.2 Å². The molecule has 0 saturated carbocycles. The van der Waals surface area contributed by atoms with Crippen molar-refractivity contribution in [2.75, 3.05) is 7.11 Å². The zero-order valence-corrected chi connectivity index (χ0v) is 13.0. The zero-order chi connectivity index (χ0) is 15.7. The first-order chi connectivity index (χ1) is 9.85. The van der Waals surface area contributed by atoms with E-state index in [2.05, 4.69) is 14.7 Å². The van der Waals surface area contributed by atoms with Gasteiger partial charge in [0.15, 0.2) is 16.3 Å². The summed E-state index contributed by atoms with van der Waals surface area (Å²) in [5.74, 6) is -0.311. The van der Waals surface area contributed by atoms with Gasteiger partial charge in [-0.3, -0.25) is 18.7 Å². The van der Waals surface area contributed by atoms with Crippen LogP contribution in [0.5, 0.6) is 0 Å². The molecule has 2 heterocycles. The number of H-pyrrole nitrogens is 1. The molecule has 0 aliphatic rings. The molecular weight excluding hydrogens is 296 g/mol. The van der Waals surface area contributed by atoms with Crippen LogP contribution in [-0.4, -0.2) is 37.4 Å². The van der Waals surface area contributed by atoms with Crippen molar-refractivity contribution in [3.8, 4) is 0 Å². The molecule has 0 aliphatic carbocycles. The molecule has 1 N–H and O–H groups in total. The van der Waals surface area contributed by atoms with Crippen molar-refractivity contribution in [3.05, 3.63) is 20.8 Å². The lowest BCUT2D eigenvalue weighted by molar-refractivity contribution is -0.140. The smallest absolute Gasteiger partial charge is 0.332 e. The summed E-state index contributed by atoms with van der Waals surface area (Å²) in [5, 5.41) is 0.415. The summed E-state index contributed by atoms with van der Waals surface area (Å²) < 4.78 is 6.93. The van der Waals surface area contributed by atoms with Gasteiger partial charge in [-0.15, -0.1) is 0 Å². The van der Waals surface area contributed by atoms with Gasteiger partial charge < -0.3 is 9.72 Å². The number of imidazole rings is 1. The van der Waals surface area contributed by atoms with Crippen LogP contribution in [0.4, 0.5) is 0 Å². The number of nitrogens with one attached hydrogen (secondary N) is 1. The van der Waals surface area contributed by atoms with Crippen LogP contribution in [-0.2, 0) is 23.6 Å². The third kappa shape index (κ3) is 2.87. The Morgan fingerprint density at radius 2 is 2.05 bits per heavy atom. The quantitative estimate of drug-likeness (QED) is 0.630. The number of aromatic amines is 1. The molecule has 1 atom stereocenters. The van der Waals surface area contributed by atoms with Crippen molar-refractivity contribution in [1.29, 1.82) is 0 Å². The summed E-state index contributed by atoms with van der Waals surface area (Å²) in [4.78, 5) is 42.2. The van der Waals surface area contributed by atoms with E-state index in [9.17, 15) is 14.4 Å². The SMILES string of the molecule is COC(=O)CC(C)Sc1nc2c([nH]1)c(=O)n(C)c(=O)n2C. The Bertz CT molecular complexity index is 804. The number of thioether (sulfide) groups is 1. The third-order valence-corrected chi connectivity index (χ3v) is 4.05. The molecule has 0 radical (unpaired) electrons. The highest BCUT2D eigenvalue weighted by atomic mass is 32.2. The van der Waals surface area contributed by atoms with Gasteiger partial charge in [0.1, 0.15) is 0 Å². The molecule has 1 unspecified atom stereocenters. The molecule has 2 aromatic rings. The lowest BCUT2D eigenvalue weighted by Crippen LogP contribution is -2.36. The minimum atomic E-state index is -0.432. The van der Waals surface area contributed by atoms with Gasteiger partial charge in [0, 0.05) is 19.3 Å². The van der Waals surface area contributed by atoms with Crippen LogP contribution in [0.25, 0.3) is 11.2 Å². The number of carbonyl (C=O) groups is 1. The number of rotatable bonds is 4. The molecular formula is C12H16N4O4S. The van der Waals surface area contributed by atoms with Crippen LogP contribution in [0.15, 0.2) is 14.7 Å². The van der Waals surface area contributed by atoms with Gasteiger partial charge in [-0.2, -0.15) is 0 Å². The maximum Gasteiger partial charge on any atom is 0.332 e. The molecule has 9 heteroatoms. The van der Waals surface area contributed by atoms with Gasteiger partial charge in [-0.05, 0) is 0 Å². The van der Waals surface area contributed by atoms with E-state index in [1.165, 1.54) is 30.5 Å². The number of hydrogen-bond donors (Lipinski definition) is 1. The molecule has 0 amide bonds. The number of nitrogens with zero attached hydrogens (tertiary/aromatic N) is 3. The van der Waals surface area contributed by atoms with E-state index < -0.39 is 11.2 Å². The molecule has 0 aromatic carbocycles. The van der Waals surface area contributed by atoms with Gasteiger partial charge in [0.05, 0.1) is 13.5 Å². The van der Waals surface area contributed by atoms with E-state index in [0.29, 0.717) is 10.8 Å². The van der Waals surface area contributed by atoms with Gasteiger partial charge in [0.2, 0.25) is 0 Å². The summed E-state index contributed by atoms with van der Waals surface area (Å²) in [5.41, 5.74) is -0.283. The second-order valence-corrected chi connectivity index (χ2v) is 6.08. The number of fused-ring (bicyclic) bond motifs is 1. The van der Waals surface area contributed by atoms with E-state index in [4.69, 9.17) is 0 Å². The average Bonchev–Trinajstić information content (AvgIpc) is 2.86. The number of hydrogen-bond acceptors (Lipinski definition) is 6. The minimum Gasteiger partial charge on any atom is -0.469 e. The number of methoxy groups -OCH3 is 1. The molecule has 0 saturated heterocycles. The highest BCUT2D eigenvalue weighted by Crippen LogP contribution is 2.23. The lowest BCUT2D eigenvalue weighted by atomic mass is 10.3. The van der Waals surface area contributed by atoms with Crippen LogP contribution in [0.2, 0.25) is 0 Å². The van der Waals surface area contributed by atoms with Gasteiger partial charge in [-0.1, -0.05) is 18.7 Å². The third-order valence-electron chi connectivity index (χ3n) is 3.07. The molecule has 2 rings (SSSR count). The molecule has 0 aliphatic heterocycles. The Kier molecular flexibility index (Phi) is 4.21. The Balaban J connectivity index is 2.38. The first-order valence-electron chi connectivity index (χ1n) is 6.24. The maximum absolute atomic E-state index is 12.0. The van der Waals surface area contributed by atoms with Crippen LogP contribution in [0, 0.1) is 0 Å². The largest absolute Gasteiger partial charge is 0.469 e. The highest BCUT2D eigenvalue weighted by Gasteiger charge is 2.17. The van der Waals surface area contributed by atoms with Gasteiger partial charge in [0.25, 0.3) is 5.56 Å². The number of aryl methyl sites for hydroxylation is 1.